The zero-order valence-corrected chi connectivity index (χ0v) is 29.6. The van der Waals surface area contributed by atoms with Gasteiger partial charge in [-0.1, -0.05) is 35.9 Å². The van der Waals surface area contributed by atoms with Crippen molar-refractivity contribution in [2.24, 2.45) is 0 Å². The second kappa shape index (κ2) is 16.9. The molecule has 0 saturated heterocycles. The normalized spacial score (nSPS) is 13.3. The molecule has 11 nitrogen and oxygen atoms in total. The number of methoxy groups -OCH3 is 1. The van der Waals surface area contributed by atoms with Gasteiger partial charge < -0.3 is 33.9 Å². The largest absolute Gasteiger partial charge is 0.488 e. The standard InChI is InChI=1S/C37H39ClN2O9S/c1-23-26(5-4-6-29(23)25-7-8-31-34(15-25)47-11-10-46-31)21-49-33-16-32(27(14-30(33)38)18-40-37(2,22-41)36(43)44)48-20-24-13-28(19-39-17-24)50-12-9-35(42)45-3/h4-8,13-17,19,40-41H,9-12,18,20-22H2,1-3H3,(H,43,44)/t37-/m0/s1. The third kappa shape index (κ3) is 9.19. The van der Waals surface area contributed by atoms with Crippen LogP contribution in [0.5, 0.6) is 23.0 Å². The molecule has 1 aliphatic heterocycles. The summed E-state index contributed by atoms with van der Waals surface area (Å²) in [6.45, 7) is 4.24. The number of aliphatic hydroxyl groups excluding tert-OH is 1. The summed E-state index contributed by atoms with van der Waals surface area (Å²) in [5.74, 6) is 1.29. The summed E-state index contributed by atoms with van der Waals surface area (Å²) >= 11 is 8.20. The molecule has 0 fully saturated rings. The van der Waals surface area contributed by atoms with E-state index in [1.807, 2.05) is 49.4 Å². The maximum Gasteiger partial charge on any atom is 0.326 e. The first-order valence-corrected chi connectivity index (χ1v) is 17.3. The molecule has 0 saturated carbocycles. The Bertz CT molecular complexity index is 1840. The van der Waals surface area contributed by atoms with E-state index in [9.17, 15) is 19.8 Å². The van der Waals surface area contributed by atoms with Crippen LogP contribution in [0, 0.1) is 6.92 Å². The first kappa shape index (κ1) is 36.8. The molecule has 50 heavy (non-hydrogen) atoms. The van der Waals surface area contributed by atoms with Gasteiger partial charge in [0.1, 0.15) is 43.5 Å². The molecule has 0 aliphatic carbocycles. The molecule has 3 aromatic carbocycles. The molecule has 3 N–H and O–H groups in total. The third-order valence-electron chi connectivity index (χ3n) is 8.22. The summed E-state index contributed by atoms with van der Waals surface area (Å²) < 4.78 is 28.7. The molecular formula is C37H39ClN2O9S. The average Bonchev–Trinajstić information content (AvgIpc) is 3.13. The molecule has 0 radical (unpaired) electrons. The Morgan fingerprint density at radius 3 is 2.54 bits per heavy atom. The van der Waals surface area contributed by atoms with Crippen LogP contribution >= 0.6 is 23.4 Å². The molecule has 2 heterocycles. The molecule has 264 valence electrons. The Kier molecular flexibility index (Phi) is 12.5. The lowest BCUT2D eigenvalue weighted by Crippen LogP contribution is -2.52. The van der Waals surface area contributed by atoms with Crippen molar-refractivity contribution in [1.82, 2.24) is 10.3 Å². The van der Waals surface area contributed by atoms with E-state index in [1.54, 1.807) is 24.5 Å². The summed E-state index contributed by atoms with van der Waals surface area (Å²) in [6, 6.07) is 17.2. The second-order valence-corrected chi connectivity index (χ2v) is 13.3. The number of carbonyl (C=O) groups excluding carboxylic acids is 1. The van der Waals surface area contributed by atoms with Gasteiger partial charge in [0.25, 0.3) is 0 Å². The number of aliphatic hydroxyl groups is 1. The van der Waals surface area contributed by atoms with Gasteiger partial charge in [0.05, 0.1) is 25.2 Å². The number of carbonyl (C=O) groups is 2. The molecule has 0 unspecified atom stereocenters. The van der Waals surface area contributed by atoms with E-state index in [1.165, 1.54) is 25.8 Å². The van der Waals surface area contributed by atoms with E-state index in [4.69, 9.17) is 35.3 Å². The highest BCUT2D eigenvalue weighted by atomic mass is 35.5. The fourth-order valence-electron chi connectivity index (χ4n) is 5.10. The summed E-state index contributed by atoms with van der Waals surface area (Å²) in [7, 11) is 1.36. The molecule has 5 rings (SSSR count). The number of nitrogens with one attached hydrogen (secondary N) is 1. The minimum Gasteiger partial charge on any atom is -0.488 e. The maximum atomic E-state index is 11.8. The fourth-order valence-corrected chi connectivity index (χ4v) is 6.22. The number of aliphatic carboxylic acids is 1. The van der Waals surface area contributed by atoms with Crippen molar-refractivity contribution in [2.45, 2.75) is 50.5 Å². The van der Waals surface area contributed by atoms with Crippen molar-refractivity contribution < 1.29 is 43.5 Å². The molecule has 13 heteroatoms. The topological polar surface area (TPSA) is 146 Å². The first-order valence-electron chi connectivity index (χ1n) is 15.9. The number of carboxylic acid groups (broad SMARTS) is 1. The number of aromatic nitrogens is 1. The number of thioether (sulfide) groups is 1. The summed E-state index contributed by atoms with van der Waals surface area (Å²) in [4.78, 5) is 28.5. The lowest BCUT2D eigenvalue weighted by atomic mass is 9.96. The van der Waals surface area contributed by atoms with Crippen LogP contribution < -0.4 is 24.3 Å². The molecule has 1 atom stereocenters. The van der Waals surface area contributed by atoms with Gasteiger partial charge in [0, 0.05) is 46.8 Å². The lowest BCUT2D eigenvalue weighted by Gasteiger charge is -2.25. The third-order valence-corrected chi connectivity index (χ3v) is 9.48. The van der Waals surface area contributed by atoms with Crippen molar-refractivity contribution >= 4 is 35.3 Å². The van der Waals surface area contributed by atoms with Crippen molar-refractivity contribution in [1.29, 1.82) is 0 Å². The van der Waals surface area contributed by atoms with Gasteiger partial charge in [-0.25, -0.2) is 0 Å². The van der Waals surface area contributed by atoms with Crippen LogP contribution in [0.4, 0.5) is 0 Å². The lowest BCUT2D eigenvalue weighted by molar-refractivity contribution is -0.146. The van der Waals surface area contributed by atoms with Gasteiger partial charge >= 0.3 is 11.9 Å². The van der Waals surface area contributed by atoms with Gasteiger partial charge in [-0.15, -0.1) is 11.8 Å². The second-order valence-electron chi connectivity index (χ2n) is 11.8. The van der Waals surface area contributed by atoms with Crippen molar-refractivity contribution in [3.05, 3.63) is 94.3 Å². The highest BCUT2D eigenvalue weighted by molar-refractivity contribution is 7.99. The number of carboxylic acids is 1. The van der Waals surface area contributed by atoms with Crippen molar-refractivity contribution in [3.8, 4) is 34.1 Å². The van der Waals surface area contributed by atoms with Crippen molar-refractivity contribution in [2.75, 3.05) is 32.7 Å². The van der Waals surface area contributed by atoms with E-state index in [0.717, 1.165) is 38.5 Å². The molecule has 1 aliphatic rings. The molecular weight excluding hydrogens is 684 g/mol. The van der Waals surface area contributed by atoms with Gasteiger partial charge in [-0.05, 0) is 60.4 Å². The Morgan fingerprint density at radius 2 is 1.78 bits per heavy atom. The smallest absolute Gasteiger partial charge is 0.326 e. The summed E-state index contributed by atoms with van der Waals surface area (Å²) in [5, 5.41) is 22.6. The quantitative estimate of drug-likeness (QED) is 0.0892. The number of hydrogen-bond donors (Lipinski definition) is 3. The molecule has 0 amide bonds. The number of nitrogens with zero attached hydrogens (tertiary/aromatic N) is 1. The van der Waals surface area contributed by atoms with E-state index in [0.29, 0.717) is 46.8 Å². The van der Waals surface area contributed by atoms with E-state index in [-0.39, 0.29) is 32.1 Å². The zero-order valence-electron chi connectivity index (χ0n) is 28.0. The Hall–Kier alpha value is -4.49. The monoisotopic (exact) mass is 722 g/mol. The van der Waals surface area contributed by atoms with Gasteiger partial charge in [0.2, 0.25) is 0 Å². The van der Waals surface area contributed by atoms with Crippen LogP contribution in [-0.4, -0.2) is 65.4 Å². The predicted molar refractivity (Wildman–Crippen MR) is 189 cm³/mol. The fraction of sp³-hybridized carbons (Fsp3) is 0.324. The molecule has 0 spiro atoms. The van der Waals surface area contributed by atoms with Crippen LogP contribution in [0.25, 0.3) is 11.1 Å². The van der Waals surface area contributed by atoms with Gasteiger partial charge in [0.15, 0.2) is 11.5 Å². The van der Waals surface area contributed by atoms with Gasteiger partial charge in [-0.2, -0.15) is 0 Å². The number of halogens is 1. The molecule has 4 aromatic rings. The predicted octanol–water partition coefficient (Wildman–Crippen LogP) is 6.22. The molecule has 1 aromatic heterocycles. The van der Waals surface area contributed by atoms with Gasteiger partial charge in [-0.3, -0.25) is 19.9 Å². The van der Waals surface area contributed by atoms with Crippen LogP contribution in [0.15, 0.2) is 71.9 Å². The van der Waals surface area contributed by atoms with E-state index in [2.05, 4.69) is 10.3 Å². The van der Waals surface area contributed by atoms with Crippen LogP contribution in [0.1, 0.15) is 35.6 Å². The number of benzene rings is 3. The number of ether oxygens (including phenoxy) is 5. The van der Waals surface area contributed by atoms with Crippen LogP contribution in [0.3, 0.4) is 0 Å². The summed E-state index contributed by atoms with van der Waals surface area (Å²) in [5.41, 5.74) is 3.78. The maximum absolute atomic E-state index is 11.8. The minimum absolute atomic E-state index is 0.0387. The highest BCUT2D eigenvalue weighted by Crippen LogP contribution is 2.38. The van der Waals surface area contributed by atoms with E-state index < -0.39 is 18.1 Å². The Labute approximate surface area is 299 Å². The summed E-state index contributed by atoms with van der Waals surface area (Å²) in [6.07, 6.45) is 3.67. The highest BCUT2D eigenvalue weighted by Gasteiger charge is 2.32. The Balaban J connectivity index is 1.35. The number of pyridine rings is 1. The van der Waals surface area contributed by atoms with Crippen LogP contribution in [-0.2, 0) is 34.1 Å². The van der Waals surface area contributed by atoms with E-state index >= 15 is 0 Å². The number of esters is 1. The minimum atomic E-state index is -1.58. The zero-order chi connectivity index (χ0) is 35.7. The number of rotatable bonds is 16. The Morgan fingerprint density at radius 1 is 1.00 bits per heavy atom. The molecule has 0 bridgehead atoms. The number of fused-ring (bicyclic) bond motifs is 1. The number of hydrogen-bond acceptors (Lipinski definition) is 11. The average molecular weight is 723 g/mol. The first-order chi connectivity index (χ1) is 24.1. The van der Waals surface area contributed by atoms with Crippen LogP contribution in [0.2, 0.25) is 5.02 Å². The SMILES string of the molecule is COC(=O)CCSc1cncc(COc2cc(OCc3cccc(-c4ccc5c(c4)OCCO5)c3C)c(Cl)cc2CN[C@@](C)(CO)C(=O)O)c1. The van der Waals surface area contributed by atoms with Crippen molar-refractivity contribution in [3.63, 3.8) is 0 Å².